The van der Waals surface area contributed by atoms with Crippen molar-refractivity contribution in [2.75, 3.05) is 17.2 Å². The second-order valence-electron chi connectivity index (χ2n) is 5.04. The molecular weight excluding hydrogens is 336 g/mol. The van der Waals surface area contributed by atoms with E-state index < -0.39 is 0 Å². The monoisotopic (exact) mass is 350 g/mol. The maximum atomic E-state index is 12.3. The Morgan fingerprint density at radius 1 is 1.35 bits per heavy atom. The quantitative estimate of drug-likeness (QED) is 0.493. The molecule has 1 aromatic carbocycles. The SMILES string of the molecule is N=C(N)Nc1nc2c(s1)CN(C(=O)Nc1ccc(Cl)cc1)CC2. The summed E-state index contributed by atoms with van der Waals surface area (Å²) in [5, 5.41) is 14.0. The summed E-state index contributed by atoms with van der Waals surface area (Å²) in [5.41, 5.74) is 6.96. The van der Waals surface area contributed by atoms with Crippen LogP contribution >= 0.6 is 22.9 Å². The summed E-state index contributed by atoms with van der Waals surface area (Å²) >= 11 is 7.24. The summed E-state index contributed by atoms with van der Waals surface area (Å²) in [6.07, 6.45) is 0.680. The molecule has 1 aliphatic heterocycles. The molecule has 9 heteroatoms. The fourth-order valence-electron chi connectivity index (χ4n) is 2.27. The van der Waals surface area contributed by atoms with Crippen LogP contribution in [0, 0.1) is 5.41 Å². The molecule has 1 aromatic heterocycles. The molecule has 1 aliphatic rings. The zero-order valence-corrected chi connectivity index (χ0v) is 13.7. The Hall–Kier alpha value is -2.32. The standard InChI is InChI=1S/C14H15ClN6OS/c15-8-1-3-9(4-2-8)18-14(22)21-6-5-10-11(7-21)23-13(19-10)20-12(16)17/h1-4H,5-7H2,(H,18,22)(H4,16,17,19,20). The van der Waals surface area contributed by atoms with Crippen LogP contribution < -0.4 is 16.4 Å². The number of halogens is 1. The zero-order valence-electron chi connectivity index (χ0n) is 12.1. The highest BCUT2D eigenvalue weighted by molar-refractivity contribution is 7.15. The summed E-state index contributed by atoms with van der Waals surface area (Å²) in [5.74, 6) is -0.145. The van der Waals surface area contributed by atoms with Gasteiger partial charge < -0.3 is 21.3 Å². The number of carbonyl (C=O) groups excluding carboxylic acids is 1. The van der Waals surface area contributed by atoms with Gasteiger partial charge in [-0.2, -0.15) is 0 Å². The van der Waals surface area contributed by atoms with Crippen molar-refractivity contribution in [3.05, 3.63) is 39.9 Å². The van der Waals surface area contributed by atoms with Gasteiger partial charge in [0.25, 0.3) is 0 Å². The molecule has 0 atom stereocenters. The number of carbonyl (C=O) groups is 1. The van der Waals surface area contributed by atoms with E-state index in [1.54, 1.807) is 29.2 Å². The Balaban J connectivity index is 1.66. The van der Waals surface area contributed by atoms with Gasteiger partial charge >= 0.3 is 6.03 Å². The third kappa shape index (κ3) is 3.72. The molecule has 2 amide bonds. The van der Waals surface area contributed by atoms with Crippen molar-refractivity contribution in [2.24, 2.45) is 5.73 Å². The first kappa shape index (κ1) is 15.6. The number of hydrogen-bond acceptors (Lipinski definition) is 4. The highest BCUT2D eigenvalue weighted by Gasteiger charge is 2.24. The molecule has 120 valence electrons. The number of thiazole rings is 1. The second kappa shape index (κ2) is 6.43. The average molecular weight is 351 g/mol. The van der Waals surface area contributed by atoms with Crippen molar-refractivity contribution < 1.29 is 4.79 Å². The molecule has 3 rings (SSSR count). The summed E-state index contributed by atoms with van der Waals surface area (Å²) in [6, 6.07) is 6.82. The maximum Gasteiger partial charge on any atom is 0.322 e. The van der Waals surface area contributed by atoms with Crippen LogP contribution in [0.5, 0.6) is 0 Å². The van der Waals surface area contributed by atoms with Gasteiger partial charge in [0.1, 0.15) is 0 Å². The lowest BCUT2D eigenvalue weighted by atomic mass is 10.2. The van der Waals surface area contributed by atoms with Crippen molar-refractivity contribution in [3.8, 4) is 0 Å². The van der Waals surface area contributed by atoms with Gasteiger partial charge in [0.2, 0.25) is 0 Å². The van der Waals surface area contributed by atoms with E-state index in [0.29, 0.717) is 35.4 Å². The maximum absolute atomic E-state index is 12.3. The molecule has 0 fully saturated rings. The largest absolute Gasteiger partial charge is 0.370 e. The van der Waals surface area contributed by atoms with E-state index in [9.17, 15) is 4.79 Å². The lowest BCUT2D eigenvalue weighted by Gasteiger charge is -2.26. The van der Waals surface area contributed by atoms with Crippen LogP contribution in [0.3, 0.4) is 0 Å². The number of aromatic nitrogens is 1. The number of nitrogens with one attached hydrogen (secondary N) is 3. The molecule has 0 saturated carbocycles. The zero-order chi connectivity index (χ0) is 16.4. The van der Waals surface area contributed by atoms with E-state index in [0.717, 1.165) is 10.6 Å². The van der Waals surface area contributed by atoms with E-state index in [1.165, 1.54) is 11.3 Å². The molecule has 23 heavy (non-hydrogen) atoms. The van der Waals surface area contributed by atoms with E-state index in [4.69, 9.17) is 22.7 Å². The Bertz CT molecular complexity index is 744. The van der Waals surface area contributed by atoms with E-state index in [2.05, 4.69) is 15.6 Å². The van der Waals surface area contributed by atoms with Gasteiger partial charge in [0, 0.05) is 28.6 Å². The third-order valence-corrected chi connectivity index (χ3v) is 4.61. The van der Waals surface area contributed by atoms with Crippen LogP contribution in [-0.2, 0) is 13.0 Å². The summed E-state index contributed by atoms with van der Waals surface area (Å²) in [7, 11) is 0. The van der Waals surface area contributed by atoms with Crippen molar-refractivity contribution in [1.82, 2.24) is 9.88 Å². The lowest BCUT2D eigenvalue weighted by molar-refractivity contribution is 0.207. The van der Waals surface area contributed by atoms with E-state index in [-0.39, 0.29) is 12.0 Å². The van der Waals surface area contributed by atoms with Crippen LogP contribution in [-0.4, -0.2) is 28.4 Å². The number of nitrogens with zero attached hydrogens (tertiary/aromatic N) is 2. The van der Waals surface area contributed by atoms with Crippen LogP contribution in [0.15, 0.2) is 24.3 Å². The number of benzene rings is 1. The van der Waals surface area contributed by atoms with Crippen LogP contribution in [0.2, 0.25) is 5.02 Å². The third-order valence-electron chi connectivity index (χ3n) is 3.36. The van der Waals surface area contributed by atoms with E-state index in [1.807, 2.05) is 0 Å². The van der Waals surface area contributed by atoms with Crippen LogP contribution in [0.4, 0.5) is 15.6 Å². The first-order valence-corrected chi connectivity index (χ1v) is 8.12. The molecule has 2 heterocycles. The molecule has 7 nitrogen and oxygen atoms in total. The fraction of sp³-hybridized carbons (Fsp3) is 0.214. The van der Waals surface area contributed by atoms with Gasteiger partial charge in [0.15, 0.2) is 11.1 Å². The number of nitrogens with two attached hydrogens (primary N) is 1. The topological polar surface area (TPSA) is 107 Å². The molecule has 0 bridgehead atoms. The predicted octanol–water partition coefficient (Wildman–Crippen LogP) is 2.69. The number of amides is 2. The highest BCUT2D eigenvalue weighted by atomic mass is 35.5. The van der Waals surface area contributed by atoms with Crippen LogP contribution in [0.25, 0.3) is 0 Å². The van der Waals surface area contributed by atoms with Crippen molar-refractivity contribution in [3.63, 3.8) is 0 Å². The molecular formula is C14H15ClN6OS. The minimum Gasteiger partial charge on any atom is -0.370 e. The number of hydrogen-bond donors (Lipinski definition) is 4. The van der Waals surface area contributed by atoms with Gasteiger partial charge in [-0.15, -0.1) is 0 Å². The van der Waals surface area contributed by atoms with E-state index >= 15 is 0 Å². The number of fused-ring (bicyclic) bond motifs is 1. The molecule has 0 saturated heterocycles. The fourth-order valence-corrected chi connectivity index (χ4v) is 3.44. The summed E-state index contributed by atoms with van der Waals surface area (Å²) < 4.78 is 0. The van der Waals surface area contributed by atoms with Crippen molar-refractivity contribution >= 4 is 45.7 Å². The predicted molar refractivity (Wildman–Crippen MR) is 92.2 cm³/mol. The Morgan fingerprint density at radius 3 is 2.78 bits per heavy atom. The van der Waals surface area contributed by atoms with Gasteiger partial charge in [-0.25, -0.2) is 9.78 Å². The molecule has 2 aromatic rings. The first-order chi connectivity index (χ1) is 11.0. The number of urea groups is 1. The second-order valence-corrected chi connectivity index (χ2v) is 6.56. The lowest BCUT2D eigenvalue weighted by Crippen LogP contribution is -2.38. The molecule has 0 radical (unpaired) electrons. The Labute approximate surface area is 142 Å². The summed E-state index contributed by atoms with van der Waals surface area (Å²) in [6.45, 7) is 1.08. The number of guanidine groups is 1. The molecule has 0 spiro atoms. The molecule has 0 aliphatic carbocycles. The minimum absolute atomic E-state index is 0.145. The minimum atomic E-state index is -0.160. The Kier molecular flexibility index (Phi) is 4.35. The van der Waals surface area contributed by atoms with Crippen LogP contribution in [0.1, 0.15) is 10.6 Å². The first-order valence-electron chi connectivity index (χ1n) is 6.92. The van der Waals surface area contributed by atoms with Gasteiger partial charge in [-0.05, 0) is 24.3 Å². The van der Waals surface area contributed by atoms with Gasteiger partial charge in [0.05, 0.1) is 12.2 Å². The normalized spacial score (nSPS) is 13.3. The van der Waals surface area contributed by atoms with Crippen molar-refractivity contribution in [2.45, 2.75) is 13.0 Å². The molecule has 0 unspecified atom stereocenters. The number of anilines is 2. The smallest absolute Gasteiger partial charge is 0.322 e. The van der Waals surface area contributed by atoms with Gasteiger partial charge in [-0.1, -0.05) is 22.9 Å². The number of rotatable bonds is 2. The van der Waals surface area contributed by atoms with Gasteiger partial charge in [-0.3, -0.25) is 5.41 Å². The summed E-state index contributed by atoms with van der Waals surface area (Å²) in [4.78, 5) is 19.5. The average Bonchev–Trinajstić information content (AvgIpc) is 2.89. The van der Waals surface area contributed by atoms with Crippen molar-refractivity contribution in [1.29, 1.82) is 5.41 Å². The Morgan fingerprint density at radius 2 is 2.09 bits per heavy atom. The molecule has 5 N–H and O–H groups in total. The highest BCUT2D eigenvalue weighted by Crippen LogP contribution is 2.28.